The van der Waals surface area contributed by atoms with E-state index in [1.807, 2.05) is 24.3 Å². The number of rotatable bonds is 2. The molecule has 0 spiro atoms. The Bertz CT molecular complexity index is 394. The van der Waals surface area contributed by atoms with Crippen LogP contribution in [0.5, 0.6) is 0 Å². The highest BCUT2D eigenvalue weighted by molar-refractivity contribution is 14.1. The van der Waals surface area contributed by atoms with E-state index in [0.29, 0.717) is 0 Å². The van der Waals surface area contributed by atoms with Gasteiger partial charge in [0.25, 0.3) is 0 Å². The molecule has 0 bridgehead atoms. The topological polar surface area (TPSA) is 55.1 Å². The van der Waals surface area contributed by atoms with Crippen molar-refractivity contribution in [3.8, 4) is 0 Å². The van der Waals surface area contributed by atoms with E-state index in [4.69, 9.17) is 5.73 Å². The molecule has 3 N–H and O–H groups in total. The Morgan fingerprint density at radius 3 is 2.75 bits per heavy atom. The number of halogens is 1. The second kappa shape index (κ2) is 5.14. The third-order valence-electron chi connectivity index (χ3n) is 3.04. The maximum atomic E-state index is 12.0. The van der Waals surface area contributed by atoms with Gasteiger partial charge in [0.1, 0.15) is 0 Å². The fourth-order valence-electron chi connectivity index (χ4n) is 2.10. The Morgan fingerprint density at radius 1 is 1.38 bits per heavy atom. The molecule has 0 heterocycles. The fourth-order valence-corrected chi connectivity index (χ4v) is 2.62. The van der Waals surface area contributed by atoms with Crippen LogP contribution in [0, 0.1) is 9.49 Å². The third-order valence-corrected chi connectivity index (χ3v) is 3.98. The first kappa shape index (κ1) is 11.9. The van der Waals surface area contributed by atoms with Gasteiger partial charge in [-0.25, -0.2) is 0 Å². The number of carbonyl (C=O) groups excluding carboxylic acids is 1. The predicted octanol–water partition coefficient (Wildman–Crippen LogP) is 2.36. The van der Waals surface area contributed by atoms with Crippen molar-refractivity contribution >= 4 is 34.2 Å². The molecule has 0 aromatic heterocycles. The van der Waals surface area contributed by atoms with Crippen molar-refractivity contribution < 1.29 is 4.79 Å². The van der Waals surface area contributed by atoms with E-state index in [9.17, 15) is 4.79 Å². The molecule has 86 valence electrons. The van der Waals surface area contributed by atoms with E-state index in [-0.39, 0.29) is 17.9 Å². The Hall–Kier alpha value is -0.620. The summed E-state index contributed by atoms with van der Waals surface area (Å²) < 4.78 is 1.06. The highest BCUT2D eigenvalue weighted by Gasteiger charge is 2.30. The van der Waals surface area contributed by atoms with E-state index in [0.717, 1.165) is 28.5 Å². The number of hydrogen-bond acceptors (Lipinski definition) is 2. The van der Waals surface area contributed by atoms with Crippen LogP contribution in [0.1, 0.15) is 19.3 Å². The molecular weight excluding hydrogens is 315 g/mol. The molecule has 3 nitrogen and oxygen atoms in total. The molecule has 1 aliphatic carbocycles. The Balaban J connectivity index is 2.05. The lowest BCUT2D eigenvalue weighted by Crippen LogP contribution is -2.34. The Morgan fingerprint density at radius 2 is 2.12 bits per heavy atom. The molecule has 1 fully saturated rings. The minimum Gasteiger partial charge on any atom is -0.327 e. The first-order valence-corrected chi connectivity index (χ1v) is 6.57. The van der Waals surface area contributed by atoms with Crippen LogP contribution >= 0.6 is 22.6 Å². The molecule has 0 radical (unpaired) electrons. The second-order valence-corrected chi connectivity index (χ2v) is 5.33. The summed E-state index contributed by atoms with van der Waals surface area (Å²) in [5.74, 6) is 0.0464. The van der Waals surface area contributed by atoms with Crippen molar-refractivity contribution in [2.75, 3.05) is 5.32 Å². The summed E-state index contributed by atoms with van der Waals surface area (Å²) in [5, 5.41) is 2.96. The number of para-hydroxylation sites is 1. The summed E-state index contributed by atoms with van der Waals surface area (Å²) in [4.78, 5) is 12.0. The molecule has 1 saturated carbocycles. The zero-order valence-corrected chi connectivity index (χ0v) is 11.1. The van der Waals surface area contributed by atoms with Crippen LogP contribution in [-0.4, -0.2) is 11.9 Å². The van der Waals surface area contributed by atoms with Gasteiger partial charge in [0.2, 0.25) is 5.91 Å². The van der Waals surface area contributed by atoms with Crippen LogP contribution in [0.2, 0.25) is 0 Å². The van der Waals surface area contributed by atoms with E-state index >= 15 is 0 Å². The molecule has 1 aromatic rings. The predicted molar refractivity (Wildman–Crippen MR) is 73.1 cm³/mol. The fraction of sp³-hybridized carbons (Fsp3) is 0.417. The summed E-state index contributed by atoms with van der Waals surface area (Å²) in [5.41, 5.74) is 6.79. The van der Waals surface area contributed by atoms with Crippen LogP contribution in [-0.2, 0) is 4.79 Å². The Kier molecular flexibility index (Phi) is 3.81. The van der Waals surface area contributed by atoms with Crippen molar-refractivity contribution in [1.82, 2.24) is 0 Å². The highest BCUT2D eigenvalue weighted by Crippen LogP contribution is 2.26. The number of hydrogen-bond donors (Lipinski definition) is 2. The SMILES string of the molecule is NC1CCCC1C(=O)Nc1ccccc1I. The minimum absolute atomic E-state index is 0.0176. The van der Waals surface area contributed by atoms with Gasteiger partial charge in [0, 0.05) is 9.61 Å². The van der Waals surface area contributed by atoms with Gasteiger partial charge in [-0.15, -0.1) is 0 Å². The zero-order valence-electron chi connectivity index (χ0n) is 8.95. The van der Waals surface area contributed by atoms with Crippen LogP contribution in [0.25, 0.3) is 0 Å². The van der Waals surface area contributed by atoms with Gasteiger partial charge in [-0.05, 0) is 47.6 Å². The normalized spacial score (nSPS) is 24.4. The van der Waals surface area contributed by atoms with Gasteiger partial charge in [-0.2, -0.15) is 0 Å². The smallest absolute Gasteiger partial charge is 0.229 e. The average Bonchev–Trinajstić information content (AvgIpc) is 2.68. The largest absolute Gasteiger partial charge is 0.327 e. The number of nitrogens with two attached hydrogens (primary N) is 1. The van der Waals surface area contributed by atoms with E-state index in [1.165, 1.54) is 0 Å². The van der Waals surface area contributed by atoms with Crippen LogP contribution in [0.3, 0.4) is 0 Å². The highest BCUT2D eigenvalue weighted by atomic mass is 127. The lowest BCUT2D eigenvalue weighted by atomic mass is 10.0. The number of carbonyl (C=O) groups is 1. The molecule has 4 heteroatoms. The lowest BCUT2D eigenvalue weighted by Gasteiger charge is -2.15. The van der Waals surface area contributed by atoms with Crippen LogP contribution in [0.15, 0.2) is 24.3 Å². The molecule has 2 unspecified atom stereocenters. The summed E-state index contributed by atoms with van der Waals surface area (Å²) in [7, 11) is 0. The summed E-state index contributed by atoms with van der Waals surface area (Å²) in [6, 6.07) is 7.80. The molecule has 1 aromatic carbocycles. The summed E-state index contributed by atoms with van der Waals surface area (Å²) in [6.45, 7) is 0. The summed E-state index contributed by atoms with van der Waals surface area (Å²) in [6.07, 6.45) is 2.94. The van der Waals surface area contributed by atoms with Gasteiger partial charge >= 0.3 is 0 Å². The maximum Gasteiger partial charge on any atom is 0.229 e. The molecular formula is C12H15IN2O. The van der Waals surface area contributed by atoms with Gasteiger partial charge in [0.15, 0.2) is 0 Å². The molecule has 1 amide bonds. The number of nitrogens with one attached hydrogen (secondary N) is 1. The number of amides is 1. The quantitative estimate of drug-likeness (QED) is 0.818. The van der Waals surface area contributed by atoms with E-state index in [2.05, 4.69) is 27.9 Å². The van der Waals surface area contributed by atoms with E-state index in [1.54, 1.807) is 0 Å². The molecule has 2 atom stereocenters. The van der Waals surface area contributed by atoms with Gasteiger partial charge in [-0.1, -0.05) is 18.6 Å². The van der Waals surface area contributed by atoms with Crippen molar-refractivity contribution in [3.05, 3.63) is 27.8 Å². The monoisotopic (exact) mass is 330 g/mol. The number of anilines is 1. The molecule has 16 heavy (non-hydrogen) atoms. The van der Waals surface area contributed by atoms with Gasteiger partial charge in [0.05, 0.1) is 11.6 Å². The first-order chi connectivity index (χ1) is 7.68. The van der Waals surface area contributed by atoms with Crippen molar-refractivity contribution in [2.24, 2.45) is 11.7 Å². The number of benzene rings is 1. The minimum atomic E-state index is -0.0176. The first-order valence-electron chi connectivity index (χ1n) is 5.49. The molecule has 0 aliphatic heterocycles. The zero-order chi connectivity index (χ0) is 11.5. The molecule has 1 aliphatic rings. The van der Waals surface area contributed by atoms with Crippen molar-refractivity contribution in [3.63, 3.8) is 0 Å². The lowest BCUT2D eigenvalue weighted by molar-refractivity contribution is -0.120. The molecule has 2 rings (SSSR count). The standard InChI is InChI=1S/C12H15IN2O/c13-9-5-1-2-7-11(9)15-12(16)8-4-3-6-10(8)14/h1-2,5,7-8,10H,3-4,6,14H2,(H,15,16). The van der Waals surface area contributed by atoms with Crippen molar-refractivity contribution in [2.45, 2.75) is 25.3 Å². The van der Waals surface area contributed by atoms with Gasteiger partial charge < -0.3 is 11.1 Å². The van der Waals surface area contributed by atoms with E-state index < -0.39 is 0 Å². The van der Waals surface area contributed by atoms with Gasteiger partial charge in [-0.3, -0.25) is 4.79 Å². The average molecular weight is 330 g/mol. The van der Waals surface area contributed by atoms with Crippen LogP contribution in [0.4, 0.5) is 5.69 Å². The van der Waals surface area contributed by atoms with Crippen LogP contribution < -0.4 is 11.1 Å². The summed E-state index contributed by atoms with van der Waals surface area (Å²) >= 11 is 2.22. The maximum absolute atomic E-state index is 12.0. The van der Waals surface area contributed by atoms with Crippen molar-refractivity contribution in [1.29, 1.82) is 0 Å². The third kappa shape index (κ3) is 2.55. The second-order valence-electron chi connectivity index (χ2n) is 4.17. The Labute approximate surface area is 109 Å². The molecule has 0 saturated heterocycles.